The number of carbonyl (C=O) groups is 2. The van der Waals surface area contributed by atoms with Crippen molar-refractivity contribution in [2.45, 2.75) is 125 Å². The first-order valence-corrected chi connectivity index (χ1v) is 14.6. The molecule has 0 heterocycles. The van der Waals surface area contributed by atoms with Crippen molar-refractivity contribution in [3.05, 3.63) is 23.3 Å². The van der Waals surface area contributed by atoms with Gasteiger partial charge in [0.05, 0.1) is 5.60 Å². The van der Waals surface area contributed by atoms with Gasteiger partial charge in [0, 0.05) is 6.92 Å². The lowest BCUT2D eigenvalue weighted by Crippen LogP contribution is -2.59. The van der Waals surface area contributed by atoms with E-state index in [9.17, 15) is 19.8 Å². The molecule has 0 spiro atoms. The Labute approximate surface area is 224 Å². The zero-order chi connectivity index (χ0) is 27.6. The largest absolute Gasteiger partial charge is 0.481 e. The van der Waals surface area contributed by atoms with E-state index in [1.165, 1.54) is 30.9 Å². The van der Waals surface area contributed by atoms with Crippen LogP contribution in [0.15, 0.2) is 23.3 Å². The molecule has 0 radical (unpaired) electrons. The smallest absolute Gasteiger partial charge is 0.313 e. The van der Waals surface area contributed by atoms with Gasteiger partial charge in [-0.05, 0) is 111 Å². The Bertz CT molecular complexity index is 1000. The Morgan fingerprint density at radius 3 is 2.38 bits per heavy atom. The van der Waals surface area contributed by atoms with Crippen LogP contribution >= 0.6 is 0 Å². The molecule has 5 heteroatoms. The quantitative estimate of drug-likeness (QED) is 0.355. The summed E-state index contributed by atoms with van der Waals surface area (Å²) in [5, 5.41) is 20.6. The van der Waals surface area contributed by atoms with Gasteiger partial charge in [-0.3, -0.25) is 9.59 Å². The van der Waals surface area contributed by atoms with E-state index in [4.69, 9.17) is 4.74 Å². The van der Waals surface area contributed by atoms with Crippen LogP contribution in [-0.4, -0.2) is 33.9 Å². The summed E-state index contributed by atoms with van der Waals surface area (Å²) in [6.45, 7) is 16.6. The summed E-state index contributed by atoms with van der Waals surface area (Å²) in [7, 11) is 0. The fourth-order valence-corrected chi connectivity index (χ4v) is 9.37. The van der Waals surface area contributed by atoms with Gasteiger partial charge in [0.1, 0.15) is 11.5 Å². The number of allylic oxidation sites excluding steroid dienone is 4. The number of carbonyl (C=O) groups excluding carboxylic acids is 1. The maximum absolute atomic E-state index is 12.7. The summed E-state index contributed by atoms with van der Waals surface area (Å²) in [6, 6.07) is 0. The summed E-state index contributed by atoms with van der Waals surface area (Å²) in [6.07, 6.45) is 12.8. The Balaban J connectivity index is 1.65. The number of rotatable bonds is 7. The number of fused-ring (bicyclic) bond motifs is 5. The van der Waals surface area contributed by atoms with Crippen molar-refractivity contribution in [1.29, 1.82) is 0 Å². The van der Waals surface area contributed by atoms with Gasteiger partial charge in [0.2, 0.25) is 0 Å². The van der Waals surface area contributed by atoms with E-state index in [1.54, 1.807) is 6.92 Å². The molecule has 4 rings (SSSR count). The number of aliphatic carboxylic acids is 1. The average molecular weight is 515 g/mol. The molecule has 0 saturated heterocycles. The van der Waals surface area contributed by atoms with Gasteiger partial charge in [-0.15, -0.1) is 0 Å². The summed E-state index contributed by atoms with van der Waals surface area (Å²) in [5.41, 5.74) is 1.12. The molecular formula is C32H50O5. The first-order valence-electron chi connectivity index (χ1n) is 14.6. The van der Waals surface area contributed by atoms with Gasteiger partial charge < -0.3 is 14.9 Å². The second kappa shape index (κ2) is 9.24. The molecule has 2 unspecified atom stereocenters. The van der Waals surface area contributed by atoms with Crippen LogP contribution in [0.25, 0.3) is 0 Å². The minimum Gasteiger partial charge on any atom is -0.481 e. The van der Waals surface area contributed by atoms with Crippen LogP contribution < -0.4 is 0 Å². The van der Waals surface area contributed by atoms with Gasteiger partial charge in [-0.2, -0.15) is 0 Å². The summed E-state index contributed by atoms with van der Waals surface area (Å²) in [5.74, 6) is -0.142. The number of esters is 1. The SMILES string of the molecule is CC(=O)O[C@H]1CC[C@]2(C)C3=CC[C@]4(C)[C@@H](C(C)CCCC(C)(C)O)CC[C@@]4(C)C3=CCC2[C@]1(C)C(=O)O. The van der Waals surface area contributed by atoms with E-state index < -0.39 is 29.1 Å². The van der Waals surface area contributed by atoms with E-state index in [0.717, 1.165) is 32.1 Å². The fraction of sp³-hybridized carbons (Fsp3) is 0.812. The molecule has 4 aliphatic rings. The number of ether oxygens (including phenoxy) is 1. The molecule has 8 atom stereocenters. The molecule has 2 N–H and O–H groups in total. The molecule has 0 aliphatic heterocycles. The average Bonchev–Trinajstić information content (AvgIpc) is 3.06. The number of carboxylic acid groups (broad SMARTS) is 1. The Kier molecular flexibility index (Phi) is 7.09. The lowest BCUT2D eigenvalue weighted by molar-refractivity contribution is -0.185. The van der Waals surface area contributed by atoms with E-state index in [2.05, 4.69) is 39.8 Å². The molecule has 0 aromatic heterocycles. The first-order chi connectivity index (χ1) is 17.0. The lowest BCUT2D eigenvalue weighted by Gasteiger charge is -2.60. The maximum atomic E-state index is 12.7. The predicted octanol–water partition coefficient (Wildman–Crippen LogP) is 7.09. The number of hydrogen-bond donors (Lipinski definition) is 2. The second-order valence-corrected chi connectivity index (χ2v) is 14.4. The van der Waals surface area contributed by atoms with Crippen molar-refractivity contribution in [3.8, 4) is 0 Å². The minimum absolute atomic E-state index is 0.0760. The van der Waals surface area contributed by atoms with Crippen LogP contribution in [0, 0.1) is 39.4 Å². The lowest BCUT2D eigenvalue weighted by atomic mass is 9.43. The van der Waals surface area contributed by atoms with Crippen LogP contribution in [0.1, 0.15) is 113 Å². The van der Waals surface area contributed by atoms with Crippen molar-refractivity contribution in [2.24, 2.45) is 39.4 Å². The van der Waals surface area contributed by atoms with Crippen LogP contribution in [0.3, 0.4) is 0 Å². The Hall–Kier alpha value is -1.62. The standard InChI is InChI=1S/C32H50O5/c1-20(10-9-16-28(3,4)36)22-13-18-31(7)24-11-12-25-29(5,23(24)14-19-30(22,31)6)17-15-26(37-21(2)33)32(25,8)27(34)35/h11,14,20,22,25-26,36H,9-10,12-13,15-19H2,1-8H3,(H,34,35)/t20?,22-,25?,26+,29-,30-,31+,32+/m1/s1. The third kappa shape index (κ3) is 4.32. The molecule has 208 valence electrons. The van der Waals surface area contributed by atoms with E-state index >= 15 is 0 Å². The van der Waals surface area contributed by atoms with Gasteiger partial charge in [-0.25, -0.2) is 0 Å². The number of hydrogen-bond acceptors (Lipinski definition) is 4. The highest BCUT2D eigenvalue weighted by molar-refractivity contribution is 5.77. The minimum atomic E-state index is -1.11. The number of carboxylic acids is 1. The molecule has 5 nitrogen and oxygen atoms in total. The van der Waals surface area contributed by atoms with Gasteiger partial charge in [-0.1, -0.05) is 52.7 Å². The molecule has 0 amide bonds. The fourth-order valence-electron chi connectivity index (χ4n) is 9.37. The Morgan fingerprint density at radius 1 is 1.11 bits per heavy atom. The monoisotopic (exact) mass is 514 g/mol. The molecule has 0 aromatic carbocycles. The first kappa shape index (κ1) is 28.4. The van der Waals surface area contributed by atoms with Crippen molar-refractivity contribution >= 4 is 11.9 Å². The highest BCUT2D eigenvalue weighted by Crippen LogP contribution is 2.72. The van der Waals surface area contributed by atoms with Crippen molar-refractivity contribution in [3.63, 3.8) is 0 Å². The second-order valence-electron chi connectivity index (χ2n) is 14.4. The molecule has 0 bridgehead atoms. The maximum Gasteiger partial charge on any atom is 0.313 e. The topological polar surface area (TPSA) is 83.8 Å². The normalized spacial score (nSPS) is 42.0. The van der Waals surface area contributed by atoms with Gasteiger partial charge in [0.25, 0.3) is 0 Å². The van der Waals surface area contributed by atoms with Crippen LogP contribution in [0.2, 0.25) is 0 Å². The molecule has 0 aromatic rings. The third-order valence-electron chi connectivity index (χ3n) is 11.8. The highest BCUT2D eigenvalue weighted by atomic mass is 16.5. The third-order valence-corrected chi connectivity index (χ3v) is 11.8. The zero-order valence-electron chi connectivity index (χ0n) is 24.4. The number of aliphatic hydroxyl groups is 1. The van der Waals surface area contributed by atoms with Gasteiger partial charge >= 0.3 is 11.9 Å². The van der Waals surface area contributed by atoms with Crippen molar-refractivity contribution in [2.75, 3.05) is 0 Å². The van der Waals surface area contributed by atoms with Crippen LogP contribution in [-0.2, 0) is 14.3 Å². The summed E-state index contributed by atoms with van der Waals surface area (Å²) in [4.78, 5) is 24.6. The van der Waals surface area contributed by atoms with Crippen LogP contribution in [0.5, 0.6) is 0 Å². The highest BCUT2D eigenvalue weighted by Gasteiger charge is 2.65. The molecular weight excluding hydrogens is 464 g/mol. The van der Waals surface area contributed by atoms with Crippen molar-refractivity contribution < 1.29 is 24.5 Å². The van der Waals surface area contributed by atoms with Gasteiger partial charge in [0.15, 0.2) is 0 Å². The summed E-state index contributed by atoms with van der Waals surface area (Å²) < 4.78 is 5.62. The Morgan fingerprint density at radius 2 is 1.78 bits per heavy atom. The van der Waals surface area contributed by atoms with E-state index in [-0.39, 0.29) is 22.2 Å². The van der Waals surface area contributed by atoms with E-state index in [1.807, 2.05) is 13.8 Å². The van der Waals surface area contributed by atoms with E-state index in [0.29, 0.717) is 24.7 Å². The van der Waals surface area contributed by atoms with Crippen LogP contribution in [0.4, 0.5) is 0 Å². The van der Waals surface area contributed by atoms with Crippen molar-refractivity contribution in [1.82, 2.24) is 0 Å². The molecule has 4 aliphatic carbocycles. The zero-order valence-corrected chi connectivity index (χ0v) is 24.4. The molecule has 37 heavy (non-hydrogen) atoms. The predicted molar refractivity (Wildman–Crippen MR) is 146 cm³/mol. The molecule has 2 saturated carbocycles. The summed E-state index contributed by atoms with van der Waals surface area (Å²) >= 11 is 0. The molecule has 2 fully saturated rings.